The van der Waals surface area contributed by atoms with Gasteiger partial charge in [0.2, 0.25) is 11.4 Å². The maximum atomic E-state index is 11.9. The van der Waals surface area contributed by atoms with E-state index in [1.54, 1.807) is 45.4 Å². The lowest BCUT2D eigenvalue weighted by Gasteiger charge is -2.30. The number of hydrogen-bond acceptors (Lipinski definition) is 10. The van der Waals surface area contributed by atoms with Crippen LogP contribution in [0.1, 0.15) is 76.6 Å². The van der Waals surface area contributed by atoms with E-state index in [0.29, 0.717) is 46.8 Å². The Hall–Kier alpha value is -5.13. The summed E-state index contributed by atoms with van der Waals surface area (Å²) in [4.78, 5) is 46.0. The molecule has 4 N–H and O–H groups in total. The lowest BCUT2D eigenvalue weighted by atomic mass is 9.92. The van der Waals surface area contributed by atoms with Crippen molar-refractivity contribution in [3.8, 4) is 0 Å². The van der Waals surface area contributed by atoms with Gasteiger partial charge in [-0.05, 0) is 74.6 Å². The molecule has 4 aromatic heterocycles. The lowest BCUT2D eigenvalue weighted by Crippen LogP contribution is -2.38. The van der Waals surface area contributed by atoms with Crippen LogP contribution < -0.4 is 5.73 Å². The van der Waals surface area contributed by atoms with Gasteiger partial charge in [-0.1, -0.05) is 55.9 Å². The number of rotatable bonds is 10. The SMILES string of the molecule is C.O=Cc1ccc(Cl)s1.[C-]#[N+]c1c(C2CCN(C(=O)OCC=C)CC2)n[nH]c1CCc1ccc(Cl)s1.[C-]#[N+]c1c(N)n[nH]c1C1CCN(C(=O)OCC=C)CC1. The molecule has 2 aliphatic heterocycles. The second kappa shape index (κ2) is 23.1. The van der Waals surface area contributed by atoms with E-state index in [9.17, 15) is 14.4 Å². The topological polar surface area (TPSA) is 168 Å². The number of H-pyrrole nitrogens is 2. The highest BCUT2D eigenvalue weighted by Gasteiger charge is 2.30. The number of aromatic amines is 2. The van der Waals surface area contributed by atoms with Crippen LogP contribution in [-0.2, 0) is 22.3 Å². The van der Waals surface area contributed by atoms with Gasteiger partial charge in [0, 0.05) is 42.4 Å². The summed E-state index contributed by atoms with van der Waals surface area (Å²) in [6.07, 6.45) is 7.88. The molecule has 2 amide bonds. The van der Waals surface area contributed by atoms with Gasteiger partial charge in [-0.3, -0.25) is 15.0 Å². The number of amides is 2. The number of ether oxygens (including phenoxy) is 2. The van der Waals surface area contributed by atoms with Gasteiger partial charge in [0.05, 0.1) is 32.4 Å². The van der Waals surface area contributed by atoms with Crippen molar-refractivity contribution < 1.29 is 23.9 Å². The smallest absolute Gasteiger partial charge is 0.410 e. The fraction of sp³-hybridized carbons (Fsp3) is 0.395. The molecule has 0 bridgehead atoms. The number of likely N-dealkylation sites (tertiary alicyclic amines) is 2. The maximum absolute atomic E-state index is 11.9. The molecule has 56 heavy (non-hydrogen) atoms. The van der Waals surface area contributed by atoms with E-state index in [-0.39, 0.29) is 50.5 Å². The number of carbonyl (C=O) groups excluding carboxylic acids is 3. The van der Waals surface area contributed by atoms with Crippen molar-refractivity contribution in [3.63, 3.8) is 0 Å². The van der Waals surface area contributed by atoms with E-state index in [1.165, 1.54) is 16.2 Å². The van der Waals surface area contributed by atoms with Gasteiger partial charge in [-0.2, -0.15) is 10.2 Å². The van der Waals surface area contributed by atoms with Crippen LogP contribution in [0, 0.1) is 13.1 Å². The van der Waals surface area contributed by atoms with Gasteiger partial charge in [0.1, 0.15) is 13.2 Å². The summed E-state index contributed by atoms with van der Waals surface area (Å²) in [6, 6.07) is 7.31. The minimum Gasteiger partial charge on any atom is -0.445 e. The van der Waals surface area contributed by atoms with Gasteiger partial charge >= 0.3 is 12.2 Å². The highest BCUT2D eigenvalue weighted by atomic mass is 35.5. The number of aldehydes is 1. The molecule has 4 aromatic rings. The van der Waals surface area contributed by atoms with Crippen molar-refractivity contribution in [3.05, 3.63) is 108 Å². The molecule has 0 spiro atoms. The number of thiophene rings is 2. The average Bonchev–Trinajstić information content (AvgIpc) is 4.02. The fourth-order valence-electron chi connectivity index (χ4n) is 5.99. The fourth-order valence-corrected chi connectivity index (χ4v) is 7.96. The number of piperidine rings is 2. The van der Waals surface area contributed by atoms with Crippen molar-refractivity contribution in [1.29, 1.82) is 0 Å². The van der Waals surface area contributed by atoms with E-state index in [4.69, 9.17) is 51.6 Å². The summed E-state index contributed by atoms with van der Waals surface area (Å²) < 4.78 is 11.5. The predicted molar refractivity (Wildman–Crippen MR) is 222 cm³/mol. The molecule has 6 heterocycles. The standard InChI is InChI=1S/C19H21ClN4O2S.C13H17N5O2.C5H3ClOS.CH4/c1-3-12-26-19(25)24-10-8-13(9-11-24)17-18(21-2)15(22-23-17)6-4-14-5-7-16(20)27-14;1-3-8-20-13(19)18-6-4-9(5-7-18)10-11(15-2)12(14)17-16-10;6-5-2-1-4(3-7)8-5;/h3,5,7,13H,1,4,6,8-12H2,(H,22,23);3,9H,1,4-8H2,(H3,14,16,17);1-3H;1H4. The van der Waals surface area contributed by atoms with Crippen LogP contribution in [0.5, 0.6) is 0 Å². The molecule has 298 valence electrons. The number of hydrogen-bond donors (Lipinski definition) is 3. The Kier molecular flexibility index (Phi) is 18.6. The molecule has 0 atom stereocenters. The zero-order valence-corrected chi connectivity index (χ0v) is 33.1. The highest BCUT2D eigenvalue weighted by Crippen LogP contribution is 2.37. The molecule has 2 aliphatic rings. The normalized spacial score (nSPS) is 14.0. The third-order valence-corrected chi connectivity index (χ3v) is 11.2. The van der Waals surface area contributed by atoms with Gasteiger partial charge in [0.15, 0.2) is 12.1 Å². The highest BCUT2D eigenvalue weighted by molar-refractivity contribution is 7.17. The Morgan fingerprint density at radius 1 is 0.857 bits per heavy atom. The van der Waals surface area contributed by atoms with Crippen molar-refractivity contribution in [1.82, 2.24) is 30.2 Å². The minimum absolute atomic E-state index is 0. The summed E-state index contributed by atoms with van der Waals surface area (Å²) in [7, 11) is 0. The van der Waals surface area contributed by atoms with E-state index >= 15 is 0 Å². The summed E-state index contributed by atoms with van der Waals surface area (Å²) in [6.45, 7) is 24.6. The van der Waals surface area contributed by atoms with Crippen LogP contribution in [0.2, 0.25) is 8.67 Å². The van der Waals surface area contributed by atoms with Gasteiger partial charge in [-0.15, -0.1) is 22.7 Å². The molecule has 0 aromatic carbocycles. The van der Waals surface area contributed by atoms with Crippen molar-refractivity contribution in [2.45, 2.75) is 57.8 Å². The Morgan fingerprint density at radius 3 is 1.88 bits per heavy atom. The molecule has 0 unspecified atom stereocenters. The number of nitrogens with one attached hydrogen (secondary N) is 2. The largest absolute Gasteiger partial charge is 0.445 e. The Labute approximate surface area is 344 Å². The van der Waals surface area contributed by atoms with Crippen LogP contribution in [0.3, 0.4) is 0 Å². The number of nitrogens with two attached hydrogens (primary N) is 1. The quantitative estimate of drug-likeness (QED) is 0.0806. The zero-order chi connectivity index (χ0) is 39.7. The van der Waals surface area contributed by atoms with E-state index in [1.807, 2.05) is 12.1 Å². The molecular formula is C38H45Cl2N9O5S2. The monoisotopic (exact) mass is 841 g/mol. The number of halogens is 2. The summed E-state index contributed by atoms with van der Waals surface area (Å²) in [5.41, 5.74) is 9.14. The van der Waals surface area contributed by atoms with Gasteiger partial charge < -0.3 is 25.0 Å². The summed E-state index contributed by atoms with van der Waals surface area (Å²) in [5.74, 6) is 0.592. The number of nitrogens with zero attached hydrogens (tertiary/aromatic N) is 6. The first-order valence-corrected chi connectivity index (χ1v) is 19.7. The maximum Gasteiger partial charge on any atom is 0.410 e. The van der Waals surface area contributed by atoms with Crippen LogP contribution in [0.4, 0.5) is 26.8 Å². The molecule has 2 saturated heterocycles. The van der Waals surface area contributed by atoms with Crippen molar-refractivity contribution >= 4 is 81.5 Å². The molecule has 0 saturated carbocycles. The number of aryl methyl sites for hydroxylation is 2. The molecule has 14 nitrogen and oxygen atoms in total. The van der Waals surface area contributed by atoms with Crippen LogP contribution >= 0.6 is 45.9 Å². The van der Waals surface area contributed by atoms with Crippen LogP contribution in [0.25, 0.3) is 9.69 Å². The first-order valence-electron chi connectivity index (χ1n) is 17.3. The number of anilines is 1. The first-order chi connectivity index (χ1) is 26.6. The summed E-state index contributed by atoms with van der Waals surface area (Å²) in [5, 5.41) is 14.2. The second-order valence-corrected chi connectivity index (χ2v) is 15.8. The molecule has 6 rings (SSSR count). The number of aromatic nitrogens is 4. The molecule has 2 fully saturated rings. The molecule has 0 radical (unpaired) electrons. The third-order valence-electron chi connectivity index (χ3n) is 8.77. The van der Waals surface area contributed by atoms with Crippen LogP contribution in [0.15, 0.2) is 49.6 Å². The lowest BCUT2D eigenvalue weighted by molar-refractivity contribution is 0.101. The number of carbonyl (C=O) groups is 3. The van der Waals surface area contributed by atoms with Gasteiger partial charge in [-0.25, -0.2) is 19.3 Å². The van der Waals surface area contributed by atoms with Crippen molar-refractivity contribution in [2.24, 2.45) is 0 Å². The Balaban J connectivity index is 0.000000254. The Bertz CT molecular complexity index is 1990. The molecule has 18 heteroatoms. The minimum atomic E-state index is -0.321. The summed E-state index contributed by atoms with van der Waals surface area (Å²) >= 11 is 14.3. The third kappa shape index (κ3) is 12.7. The number of nitrogen functional groups attached to an aromatic ring is 1. The van der Waals surface area contributed by atoms with E-state index in [2.05, 4.69) is 43.2 Å². The Morgan fingerprint density at radius 2 is 1.41 bits per heavy atom. The molecule has 0 aliphatic carbocycles. The molecular weight excluding hydrogens is 798 g/mol. The van der Waals surface area contributed by atoms with E-state index in [0.717, 1.165) is 66.2 Å². The predicted octanol–water partition coefficient (Wildman–Crippen LogP) is 9.86. The van der Waals surface area contributed by atoms with E-state index < -0.39 is 0 Å². The van der Waals surface area contributed by atoms with Crippen molar-refractivity contribution in [2.75, 3.05) is 45.1 Å². The van der Waals surface area contributed by atoms with Gasteiger partial charge in [0.25, 0.3) is 0 Å². The first kappa shape index (κ1) is 45.3. The van der Waals surface area contributed by atoms with Crippen LogP contribution in [-0.4, -0.2) is 88.1 Å². The zero-order valence-electron chi connectivity index (χ0n) is 30.0. The average molecular weight is 843 g/mol. The second-order valence-electron chi connectivity index (χ2n) is 12.3.